The highest BCUT2D eigenvalue weighted by Crippen LogP contribution is 2.20. The second-order valence-electron chi connectivity index (χ2n) is 5.42. The molecule has 24 heavy (non-hydrogen) atoms. The van der Waals surface area contributed by atoms with E-state index in [-0.39, 0.29) is 24.5 Å². The van der Waals surface area contributed by atoms with Crippen LogP contribution < -0.4 is 5.32 Å². The maximum atomic E-state index is 11.9. The van der Waals surface area contributed by atoms with E-state index in [9.17, 15) is 9.59 Å². The van der Waals surface area contributed by atoms with Crippen LogP contribution in [0.3, 0.4) is 0 Å². The predicted octanol–water partition coefficient (Wildman–Crippen LogP) is 2.57. The Morgan fingerprint density at radius 3 is 2.79 bits per heavy atom. The highest BCUT2D eigenvalue weighted by atomic mass is 16.5. The number of carbonyl (C=O) groups excluding carboxylic acids is 2. The van der Waals surface area contributed by atoms with Gasteiger partial charge in [-0.1, -0.05) is 35.4 Å². The SMILES string of the molecule is O=C(COC(=O)[C@H]1CC=CCC1)Nc1nnc(-c2ccccc2)o1. The van der Waals surface area contributed by atoms with Gasteiger partial charge in [0.25, 0.3) is 5.91 Å². The number of hydrogen-bond donors (Lipinski definition) is 1. The zero-order valence-electron chi connectivity index (χ0n) is 13.0. The Balaban J connectivity index is 1.49. The van der Waals surface area contributed by atoms with E-state index in [1.165, 1.54) is 0 Å². The molecule has 1 aliphatic rings. The summed E-state index contributed by atoms with van der Waals surface area (Å²) in [5, 5.41) is 10.0. The molecule has 1 heterocycles. The fraction of sp³-hybridized carbons (Fsp3) is 0.294. The van der Waals surface area contributed by atoms with Crippen LogP contribution in [0.25, 0.3) is 11.5 Å². The van der Waals surface area contributed by atoms with Crippen LogP contribution in [0, 0.1) is 5.92 Å². The summed E-state index contributed by atoms with van der Waals surface area (Å²) < 4.78 is 10.4. The molecule has 7 heteroatoms. The van der Waals surface area contributed by atoms with Crippen molar-refractivity contribution < 1.29 is 18.7 Å². The minimum atomic E-state index is -0.516. The lowest BCUT2D eigenvalue weighted by Crippen LogP contribution is -2.25. The zero-order chi connectivity index (χ0) is 16.8. The summed E-state index contributed by atoms with van der Waals surface area (Å²) in [6, 6.07) is 9.17. The fourth-order valence-corrected chi connectivity index (χ4v) is 2.39. The number of benzene rings is 1. The molecule has 1 aromatic heterocycles. The van der Waals surface area contributed by atoms with Crippen LogP contribution in [0.1, 0.15) is 19.3 Å². The lowest BCUT2D eigenvalue weighted by Gasteiger charge is -2.15. The molecular formula is C17H17N3O4. The Morgan fingerprint density at radius 2 is 2.04 bits per heavy atom. The minimum Gasteiger partial charge on any atom is -0.455 e. The molecule has 1 N–H and O–H groups in total. The van der Waals surface area contributed by atoms with Gasteiger partial charge in [-0.2, -0.15) is 0 Å². The van der Waals surface area contributed by atoms with Gasteiger partial charge in [0.05, 0.1) is 5.92 Å². The summed E-state index contributed by atoms with van der Waals surface area (Å²) in [4.78, 5) is 23.7. The topological polar surface area (TPSA) is 94.3 Å². The number of nitrogens with one attached hydrogen (secondary N) is 1. The predicted molar refractivity (Wildman–Crippen MR) is 85.8 cm³/mol. The molecule has 0 unspecified atom stereocenters. The third-order valence-electron chi connectivity index (χ3n) is 3.64. The molecule has 1 atom stereocenters. The van der Waals surface area contributed by atoms with E-state index in [1.807, 2.05) is 42.5 Å². The zero-order valence-corrected chi connectivity index (χ0v) is 13.0. The monoisotopic (exact) mass is 327 g/mol. The first kappa shape index (κ1) is 15.9. The van der Waals surface area contributed by atoms with Crippen molar-refractivity contribution in [1.82, 2.24) is 10.2 Å². The van der Waals surface area contributed by atoms with Gasteiger partial charge >= 0.3 is 12.0 Å². The Kier molecular flexibility index (Phi) is 5.00. The first-order valence-electron chi connectivity index (χ1n) is 7.73. The third kappa shape index (κ3) is 4.07. The van der Waals surface area contributed by atoms with Crippen LogP contribution in [0.15, 0.2) is 46.9 Å². The van der Waals surface area contributed by atoms with E-state index in [2.05, 4.69) is 15.5 Å². The molecule has 124 valence electrons. The summed E-state index contributed by atoms with van der Waals surface area (Å²) >= 11 is 0. The summed E-state index contributed by atoms with van der Waals surface area (Å²) in [6.07, 6.45) is 6.26. The molecule has 2 aromatic rings. The molecule has 0 bridgehead atoms. The van der Waals surface area contributed by atoms with E-state index < -0.39 is 5.91 Å². The molecule has 1 aromatic carbocycles. The van der Waals surface area contributed by atoms with Crippen molar-refractivity contribution in [2.45, 2.75) is 19.3 Å². The molecule has 1 amide bonds. The number of nitrogens with zero attached hydrogens (tertiary/aromatic N) is 2. The van der Waals surface area contributed by atoms with Crippen molar-refractivity contribution in [2.24, 2.45) is 5.92 Å². The van der Waals surface area contributed by atoms with Gasteiger partial charge < -0.3 is 9.15 Å². The Bertz CT molecular complexity index is 739. The molecule has 0 fully saturated rings. The van der Waals surface area contributed by atoms with Crippen molar-refractivity contribution in [1.29, 1.82) is 0 Å². The van der Waals surface area contributed by atoms with Crippen molar-refractivity contribution in [3.8, 4) is 11.5 Å². The molecule has 0 radical (unpaired) electrons. The fourth-order valence-electron chi connectivity index (χ4n) is 2.39. The van der Waals surface area contributed by atoms with Gasteiger partial charge in [-0.05, 0) is 31.4 Å². The number of esters is 1. The van der Waals surface area contributed by atoms with E-state index >= 15 is 0 Å². The van der Waals surface area contributed by atoms with Gasteiger partial charge in [0.2, 0.25) is 5.89 Å². The van der Waals surface area contributed by atoms with E-state index in [1.54, 1.807) is 0 Å². The smallest absolute Gasteiger partial charge is 0.322 e. The number of hydrogen-bond acceptors (Lipinski definition) is 6. The van der Waals surface area contributed by atoms with Crippen molar-refractivity contribution in [3.63, 3.8) is 0 Å². The molecule has 0 spiro atoms. The average Bonchev–Trinajstić information content (AvgIpc) is 3.09. The molecule has 0 saturated carbocycles. The van der Waals surface area contributed by atoms with Crippen LogP contribution in [0.4, 0.5) is 6.01 Å². The standard InChI is InChI=1S/C17H17N3O4/c21-14(11-23-16(22)13-9-5-2-6-10-13)18-17-20-19-15(24-17)12-7-3-1-4-8-12/h1-5,7-8,13H,6,9-11H2,(H,18,20,21)/t13-/m0/s1. The average molecular weight is 327 g/mol. The third-order valence-corrected chi connectivity index (χ3v) is 3.64. The molecule has 7 nitrogen and oxygen atoms in total. The first-order valence-corrected chi connectivity index (χ1v) is 7.73. The van der Waals surface area contributed by atoms with Crippen molar-refractivity contribution in [2.75, 3.05) is 11.9 Å². The Labute approximate surface area is 138 Å². The molecule has 0 saturated heterocycles. The number of aromatic nitrogens is 2. The summed E-state index contributed by atoms with van der Waals surface area (Å²) in [5.41, 5.74) is 0.752. The van der Waals surface area contributed by atoms with Gasteiger partial charge in [-0.25, -0.2) is 0 Å². The van der Waals surface area contributed by atoms with Crippen molar-refractivity contribution in [3.05, 3.63) is 42.5 Å². The Morgan fingerprint density at radius 1 is 1.21 bits per heavy atom. The normalized spacial score (nSPS) is 16.6. The van der Waals surface area contributed by atoms with Gasteiger partial charge in [0.15, 0.2) is 6.61 Å². The molecule has 0 aliphatic heterocycles. The van der Waals surface area contributed by atoms with Gasteiger partial charge in [-0.3, -0.25) is 14.9 Å². The Hall–Kier alpha value is -2.96. The molecule has 3 rings (SSSR count). The van der Waals surface area contributed by atoms with Crippen LogP contribution in [0.2, 0.25) is 0 Å². The minimum absolute atomic E-state index is 0.0319. The highest BCUT2D eigenvalue weighted by Gasteiger charge is 2.21. The number of carbonyl (C=O) groups is 2. The largest absolute Gasteiger partial charge is 0.455 e. The van der Waals surface area contributed by atoms with Crippen LogP contribution in [-0.2, 0) is 14.3 Å². The first-order chi connectivity index (χ1) is 11.7. The number of rotatable bonds is 5. The van der Waals surface area contributed by atoms with Crippen LogP contribution in [0.5, 0.6) is 0 Å². The number of ether oxygens (including phenoxy) is 1. The maximum absolute atomic E-state index is 11.9. The van der Waals surface area contributed by atoms with E-state index in [4.69, 9.17) is 9.15 Å². The quantitative estimate of drug-likeness (QED) is 0.670. The number of allylic oxidation sites excluding steroid dienone is 2. The highest BCUT2D eigenvalue weighted by molar-refractivity contribution is 5.91. The number of amides is 1. The van der Waals surface area contributed by atoms with Gasteiger partial charge in [0, 0.05) is 5.56 Å². The molecular weight excluding hydrogens is 310 g/mol. The summed E-state index contributed by atoms with van der Waals surface area (Å²) in [7, 11) is 0. The second-order valence-corrected chi connectivity index (χ2v) is 5.42. The summed E-state index contributed by atoms with van der Waals surface area (Å²) in [5.74, 6) is -0.740. The van der Waals surface area contributed by atoms with Crippen LogP contribution in [-0.4, -0.2) is 28.7 Å². The van der Waals surface area contributed by atoms with E-state index in [0.29, 0.717) is 12.3 Å². The van der Waals surface area contributed by atoms with Gasteiger partial charge in [-0.15, -0.1) is 5.10 Å². The van der Waals surface area contributed by atoms with E-state index in [0.717, 1.165) is 18.4 Å². The van der Waals surface area contributed by atoms with Gasteiger partial charge in [0.1, 0.15) is 0 Å². The lowest BCUT2D eigenvalue weighted by molar-refractivity contribution is -0.151. The lowest BCUT2D eigenvalue weighted by atomic mass is 9.95. The molecule has 1 aliphatic carbocycles. The second kappa shape index (κ2) is 7.54. The summed E-state index contributed by atoms with van der Waals surface area (Å²) in [6.45, 7) is -0.373. The number of anilines is 1. The van der Waals surface area contributed by atoms with Crippen molar-refractivity contribution >= 4 is 17.9 Å². The van der Waals surface area contributed by atoms with Crippen LogP contribution >= 0.6 is 0 Å². The maximum Gasteiger partial charge on any atom is 0.322 e.